The number of H-pyrrole nitrogens is 1. The molecule has 2 aromatic heterocycles. The minimum atomic E-state index is -0.896. The Bertz CT molecular complexity index is 908. The van der Waals surface area contributed by atoms with Gasteiger partial charge in [-0.25, -0.2) is 14.8 Å². The van der Waals surface area contributed by atoms with Crippen LogP contribution >= 0.6 is 0 Å². The molecule has 0 saturated carbocycles. The Balaban J connectivity index is 1.50. The van der Waals surface area contributed by atoms with Crippen molar-refractivity contribution in [1.82, 2.24) is 24.8 Å². The van der Waals surface area contributed by atoms with E-state index in [1.54, 1.807) is 36.9 Å². The van der Waals surface area contributed by atoms with E-state index in [1.165, 1.54) is 0 Å². The summed E-state index contributed by atoms with van der Waals surface area (Å²) in [5.74, 6) is 0.151. The van der Waals surface area contributed by atoms with Crippen molar-refractivity contribution >= 4 is 5.97 Å². The van der Waals surface area contributed by atoms with E-state index >= 15 is 0 Å². The van der Waals surface area contributed by atoms with Crippen molar-refractivity contribution in [3.63, 3.8) is 0 Å². The lowest BCUT2D eigenvalue weighted by Crippen LogP contribution is -2.34. The molecule has 1 saturated heterocycles. The number of carbonyl (C=O) groups is 1. The third-order valence-corrected chi connectivity index (χ3v) is 4.95. The van der Waals surface area contributed by atoms with Gasteiger partial charge >= 0.3 is 5.97 Å². The minimum Gasteiger partial charge on any atom is -0.478 e. The average Bonchev–Trinajstić information content (AvgIpc) is 3.23. The summed E-state index contributed by atoms with van der Waals surface area (Å²) in [6, 6.07) is 7.11. The summed E-state index contributed by atoms with van der Waals surface area (Å²) in [6.45, 7) is 2.72. The number of aromatic carboxylic acids is 1. The number of aromatic nitrogens is 4. The fourth-order valence-corrected chi connectivity index (χ4v) is 3.66. The molecular weight excluding hydrogens is 342 g/mol. The van der Waals surface area contributed by atoms with Gasteiger partial charge < -0.3 is 10.1 Å². The minimum absolute atomic E-state index is 0.297. The molecule has 4 rings (SSSR count). The topological polar surface area (TPSA) is 95.0 Å². The highest BCUT2D eigenvalue weighted by Gasteiger charge is 2.26. The summed E-state index contributed by atoms with van der Waals surface area (Å²) in [4.78, 5) is 30.0. The van der Waals surface area contributed by atoms with Crippen LogP contribution in [0.15, 0.2) is 49.1 Å². The van der Waals surface area contributed by atoms with Crippen molar-refractivity contribution < 1.29 is 9.90 Å². The molecule has 0 spiro atoms. The molecule has 0 radical (unpaired) electrons. The summed E-state index contributed by atoms with van der Waals surface area (Å²) >= 11 is 0. The van der Waals surface area contributed by atoms with Gasteiger partial charge in [-0.1, -0.05) is 12.1 Å². The molecule has 7 heteroatoms. The number of likely N-dealkylation sites (tertiary alicyclic amines) is 1. The molecule has 7 nitrogen and oxygen atoms in total. The van der Waals surface area contributed by atoms with Gasteiger partial charge in [0.25, 0.3) is 0 Å². The van der Waals surface area contributed by atoms with Gasteiger partial charge in [-0.15, -0.1) is 0 Å². The van der Waals surface area contributed by atoms with Crippen LogP contribution in [0.1, 0.15) is 40.4 Å². The number of aromatic amines is 1. The molecule has 3 heterocycles. The van der Waals surface area contributed by atoms with Crippen molar-refractivity contribution in [3.05, 3.63) is 65.9 Å². The molecule has 1 aliphatic heterocycles. The van der Waals surface area contributed by atoms with E-state index in [4.69, 9.17) is 5.11 Å². The quantitative estimate of drug-likeness (QED) is 0.724. The van der Waals surface area contributed by atoms with E-state index in [9.17, 15) is 4.79 Å². The van der Waals surface area contributed by atoms with Gasteiger partial charge in [0, 0.05) is 43.8 Å². The van der Waals surface area contributed by atoms with Gasteiger partial charge in [-0.2, -0.15) is 0 Å². The number of nitrogens with one attached hydrogen (secondary N) is 1. The van der Waals surface area contributed by atoms with Crippen molar-refractivity contribution in [2.45, 2.75) is 25.3 Å². The number of piperidine rings is 1. The van der Waals surface area contributed by atoms with Gasteiger partial charge in [-0.05, 0) is 37.1 Å². The third kappa shape index (κ3) is 3.88. The van der Waals surface area contributed by atoms with Crippen molar-refractivity contribution in [2.75, 3.05) is 13.1 Å². The van der Waals surface area contributed by atoms with Crippen LogP contribution in [0.2, 0.25) is 0 Å². The van der Waals surface area contributed by atoms with Crippen LogP contribution in [0.3, 0.4) is 0 Å². The largest absolute Gasteiger partial charge is 0.478 e. The van der Waals surface area contributed by atoms with Crippen LogP contribution < -0.4 is 0 Å². The molecule has 0 aliphatic carbocycles. The third-order valence-electron chi connectivity index (χ3n) is 4.95. The summed E-state index contributed by atoms with van der Waals surface area (Å²) in [7, 11) is 0. The first-order valence-electron chi connectivity index (χ1n) is 9.06. The fourth-order valence-electron chi connectivity index (χ4n) is 3.66. The number of hydrogen-bond acceptors (Lipinski definition) is 5. The zero-order valence-corrected chi connectivity index (χ0v) is 14.9. The first kappa shape index (κ1) is 17.4. The second kappa shape index (κ2) is 7.67. The number of hydrogen-bond donors (Lipinski definition) is 2. The van der Waals surface area contributed by atoms with Gasteiger partial charge in [0.15, 0.2) is 5.82 Å². The Hall–Kier alpha value is -3.06. The molecule has 0 amide bonds. The normalized spacial score (nSPS) is 17.7. The molecule has 3 aromatic rings. The number of rotatable bonds is 5. The Kier molecular flexibility index (Phi) is 4.93. The smallest absolute Gasteiger partial charge is 0.335 e. The summed E-state index contributed by atoms with van der Waals surface area (Å²) in [5, 5.41) is 9.03. The lowest BCUT2D eigenvalue weighted by atomic mass is 9.92. The van der Waals surface area contributed by atoms with E-state index in [2.05, 4.69) is 24.8 Å². The van der Waals surface area contributed by atoms with Gasteiger partial charge in [0.05, 0.1) is 11.3 Å². The lowest BCUT2D eigenvalue weighted by molar-refractivity contribution is 0.0697. The Morgan fingerprint density at radius 2 is 1.96 bits per heavy atom. The number of carboxylic acid groups (broad SMARTS) is 1. The summed E-state index contributed by atoms with van der Waals surface area (Å²) in [5.41, 5.74) is 3.24. The Morgan fingerprint density at radius 3 is 2.70 bits per heavy atom. The predicted octanol–water partition coefficient (Wildman–Crippen LogP) is 2.94. The molecule has 1 aromatic carbocycles. The number of nitrogens with zero attached hydrogens (tertiary/aromatic N) is 4. The van der Waals surface area contributed by atoms with E-state index < -0.39 is 5.97 Å². The van der Waals surface area contributed by atoms with E-state index in [0.717, 1.165) is 55.3 Å². The van der Waals surface area contributed by atoms with Crippen molar-refractivity contribution in [2.24, 2.45) is 0 Å². The Labute approximate surface area is 157 Å². The fraction of sp³-hybridized carbons (Fsp3) is 0.300. The van der Waals surface area contributed by atoms with Crippen LogP contribution in [0, 0.1) is 0 Å². The average molecular weight is 363 g/mol. The summed E-state index contributed by atoms with van der Waals surface area (Å²) in [6.07, 6.45) is 9.12. The van der Waals surface area contributed by atoms with Crippen LogP contribution in [0.4, 0.5) is 0 Å². The Morgan fingerprint density at radius 1 is 1.15 bits per heavy atom. The van der Waals surface area contributed by atoms with Crippen LogP contribution in [-0.4, -0.2) is 49.0 Å². The zero-order chi connectivity index (χ0) is 18.6. The molecule has 1 aliphatic rings. The number of imidazole rings is 1. The molecule has 27 heavy (non-hydrogen) atoms. The molecule has 138 valence electrons. The van der Waals surface area contributed by atoms with E-state index in [0.29, 0.717) is 11.5 Å². The highest BCUT2D eigenvalue weighted by Crippen LogP contribution is 2.31. The maximum absolute atomic E-state index is 11.0. The predicted molar refractivity (Wildman–Crippen MR) is 100 cm³/mol. The molecule has 0 bridgehead atoms. The second-order valence-electron chi connectivity index (χ2n) is 6.80. The highest BCUT2D eigenvalue weighted by molar-refractivity contribution is 5.87. The van der Waals surface area contributed by atoms with Gasteiger partial charge in [0.1, 0.15) is 5.69 Å². The summed E-state index contributed by atoms with van der Waals surface area (Å²) < 4.78 is 0. The first-order valence-corrected chi connectivity index (χ1v) is 9.06. The van der Waals surface area contributed by atoms with Gasteiger partial charge in [-0.3, -0.25) is 9.88 Å². The van der Waals surface area contributed by atoms with Crippen molar-refractivity contribution in [3.8, 4) is 11.5 Å². The highest BCUT2D eigenvalue weighted by atomic mass is 16.4. The monoisotopic (exact) mass is 363 g/mol. The standard InChI is InChI=1S/C20H21N5O2/c26-20(27)15-5-3-14(4-6-15)12-25-11-1-2-16(13-25)17-18(22-8-7-21-17)19-23-9-10-24-19/h3-10,16H,1-2,11-13H2,(H,23,24)(H,26,27). The van der Waals surface area contributed by atoms with E-state index in [1.807, 2.05) is 12.1 Å². The van der Waals surface area contributed by atoms with Gasteiger partial charge in [0.2, 0.25) is 0 Å². The molecular formula is C20H21N5O2. The first-order chi connectivity index (χ1) is 13.2. The van der Waals surface area contributed by atoms with E-state index in [-0.39, 0.29) is 0 Å². The zero-order valence-electron chi connectivity index (χ0n) is 14.9. The SMILES string of the molecule is O=C(O)c1ccc(CN2CCCC(c3nccnc3-c3ncc[nH]3)C2)cc1. The van der Waals surface area contributed by atoms with Crippen LogP contribution in [0.25, 0.3) is 11.5 Å². The lowest BCUT2D eigenvalue weighted by Gasteiger charge is -2.32. The molecule has 1 atom stereocenters. The van der Waals surface area contributed by atoms with Crippen LogP contribution in [-0.2, 0) is 6.54 Å². The molecule has 1 unspecified atom stereocenters. The number of benzene rings is 1. The molecule has 1 fully saturated rings. The number of carboxylic acids is 1. The maximum atomic E-state index is 11.0. The second-order valence-corrected chi connectivity index (χ2v) is 6.80. The molecule has 2 N–H and O–H groups in total. The maximum Gasteiger partial charge on any atom is 0.335 e. The van der Waals surface area contributed by atoms with Crippen LogP contribution in [0.5, 0.6) is 0 Å². The van der Waals surface area contributed by atoms with Crippen molar-refractivity contribution in [1.29, 1.82) is 0 Å².